The lowest BCUT2D eigenvalue weighted by molar-refractivity contribution is -0.386. The fourth-order valence-corrected chi connectivity index (χ4v) is 2.25. The number of hydrogen-bond acceptors (Lipinski definition) is 5. The Kier molecular flexibility index (Phi) is 5.52. The number of nitrogens with zero attached hydrogens (tertiary/aromatic N) is 1. The molecule has 0 bridgehead atoms. The maximum absolute atomic E-state index is 12.4. The summed E-state index contributed by atoms with van der Waals surface area (Å²) in [5, 5.41) is 11.2. The Morgan fingerprint density at radius 3 is 2.42 bits per heavy atom. The molecule has 0 saturated carbocycles. The molecule has 0 aliphatic rings. The minimum absolute atomic E-state index is 0.0341. The normalized spacial score (nSPS) is 11.6. The van der Waals surface area contributed by atoms with Gasteiger partial charge in [-0.2, -0.15) is 0 Å². The number of nitro benzene ring substituents is 1. The van der Waals surface area contributed by atoms with Crippen molar-refractivity contribution >= 4 is 11.5 Å². The van der Waals surface area contributed by atoms with E-state index in [1.54, 1.807) is 25.1 Å². The van der Waals surface area contributed by atoms with Gasteiger partial charge in [-0.05, 0) is 31.0 Å². The Bertz CT molecular complexity index is 740. The Balaban J connectivity index is 2.20. The smallest absolute Gasteiger partial charge is 0.314 e. The summed E-state index contributed by atoms with van der Waals surface area (Å²) < 4.78 is 10.5. The van der Waals surface area contributed by atoms with Crippen molar-refractivity contribution in [2.45, 2.75) is 26.4 Å². The first kappa shape index (κ1) is 17.5. The number of hydrogen-bond donors (Lipinski definition) is 0. The topological polar surface area (TPSA) is 78.7 Å². The molecule has 6 nitrogen and oxygen atoms in total. The number of Topliss-reactive ketones (excluding diaryl/α,β-unsaturated/α-hetero) is 1. The largest absolute Gasteiger partial charge is 0.496 e. The lowest BCUT2D eigenvalue weighted by Gasteiger charge is -2.14. The molecular weight excluding hydrogens is 310 g/mol. The second-order valence-electron chi connectivity index (χ2n) is 5.27. The molecule has 0 heterocycles. The predicted molar refractivity (Wildman–Crippen MR) is 89.9 cm³/mol. The number of aryl methyl sites for hydroxylation is 1. The molecule has 0 fully saturated rings. The van der Waals surface area contributed by atoms with Crippen LogP contribution in [0.4, 0.5) is 5.69 Å². The van der Waals surface area contributed by atoms with E-state index in [4.69, 9.17) is 9.47 Å². The highest BCUT2D eigenvalue weighted by molar-refractivity contribution is 5.99. The summed E-state index contributed by atoms with van der Waals surface area (Å²) in [5.41, 5.74) is 1.40. The molecule has 0 unspecified atom stereocenters. The molecule has 0 N–H and O–H groups in total. The molecule has 2 rings (SSSR count). The summed E-state index contributed by atoms with van der Waals surface area (Å²) in [6, 6.07) is 11.5. The second-order valence-corrected chi connectivity index (χ2v) is 5.27. The molecule has 0 spiro atoms. The van der Waals surface area contributed by atoms with Gasteiger partial charge >= 0.3 is 5.69 Å². The Morgan fingerprint density at radius 1 is 1.21 bits per heavy atom. The average Bonchev–Trinajstić information content (AvgIpc) is 2.61. The van der Waals surface area contributed by atoms with Crippen LogP contribution in [0.15, 0.2) is 42.5 Å². The third-order valence-corrected chi connectivity index (χ3v) is 3.68. The van der Waals surface area contributed by atoms with Gasteiger partial charge in [-0.3, -0.25) is 14.9 Å². The van der Waals surface area contributed by atoms with Crippen molar-refractivity contribution in [1.82, 2.24) is 0 Å². The lowest BCUT2D eigenvalue weighted by Crippen LogP contribution is -2.24. The van der Waals surface area contributed by atoms with Crippen LogP contribution in [0.25, 0.3) is 0 Å². The van der Waals surface area contributed by atoms with E-state index < -0.39 is 11.0 Å². The molecule has 1 atom stereocenters. The summed E-state index contributed by atoms with van der Waals surface area (Å²) in [4.78, 5) is 23.0. The van der Waals surface area contributed by atoms with Crippen LogP contribution in [-0.2, 0) is 6.42 Å². The Labute approximate surface area is 140 Å². The summed E-state index contributed by atoms with van der Waals surface area (Å²) >= 11 is 0. The number of methoxy groups -OCH3 is 1. The Morgan fingerprint density at radius 2 is 1.88 bits per heavy atom. The number of carbonyl (C=O) groups is 1. The first-order valence-electron chi connectivity index (χ1n) is 7.58. The van der Waals surface area contributed by atoms with Gasteiger partial charge in [0, 0.05) is 5.56 Å². The summed E-state index contributed by atoms with van der Waals surface area (Å²) in [6.45, 7) is 3.61. The molecule has 0 aliphatic heterocycles. The van der Waals surface area contributed by atoms with Crippen LogP contribution in [0.1, 0.15) is 29.8 Å². The van der Waals surface area contributed by atoms with E-state index in [9.17, 15) is 14.9 Å². The van der Waals surface area contributed by atoms with Gasteiger partial charge in [-0.25, -0.2) is 0 Å². The molecule has 0 aromatic heterocycles. The lowest BCUT2D eigenvalue weighted by atomic mass is 10.0. The molecule has 0 aliphatic carbocycles. The fourth-order valence-electron chi connectivity index (χ4n) is 2.25. The third-order valence-electron chi connectivity index (χ3n) is 3.68. The van der Waals surface area contributed by atoms with Crippen LogP contribution in [0.2, 0.25) is 0 Å². The first-order chi connectivity index (χ1) is 11.5. The highest BCUT2D eigenvalue weighted by Crippen LogP contribution is 2.32. The Hall–Kier alpha value is -2.89. The van der Waals surface area contributed by atoms with Crippen molar-refractivity contribution in [3.63, 3.8) is 0 Å². The van der Waals surface area contributed by atoms with Gasteiger partial charge in [0.25, 0.3) is 0 Å². The maximum atomic E-state index is 12.4. The first-order valence-corrected chi connectivity index (χ1v) is 7.58. The molecule has 6 heteroatoms. The van der Waals surface area contributed by atoms with Gasteiger partial charge in [0.05, 0.1) is 18.1 Å². The summed E-state index contributed by atoms with van der Waals surface area (Å²) in [7, 11) is 1.42. The van der Waals surface area contributed by atoms with E-state index in [2.05, 4.69) is 0 Å². The van der Waals surface area contributed by atoms with Crippen molar-refractivity contribution in [3.8, 4) is 11.5 Å². The average molecular weight is 329 g/mol. The zero-order chi connectivity index (χ0) is 17.7. The van der Waals surface area contributed by atoms with Crippen molar-refractivity contribution in [2.75, 3.05) is 7.11 Å². The van der Waals surface area contributed by atoms with Crippen LogP contribution in [0.3, 0.4) is 0 Å². The number of benzene rings is 2. The summed E-state index contributed by atoms with van der Waals surface area (Å²) in [6.07, 6.45) is 0.0445. The van der Waals surface area contributed by atoms with Crippen LogP contribution in [0, 0.1) is 10.1 Å². The molecule has 2 aromatic carbocycles. The zero-order valence-electron chi connectivity index (χ0n) is 13.8. The van der Waals surface area contributed by atoms with Crippen molar-refractivity contribution < 1.29 is 19.2 Å². The van der Waals surface area contributed by atoms with Crippen LogP contribution < -0.4 is 9.47 Å². The van der Waals surface area contributed by atoms with Crippen molar-refractivity contribution in [1.29, 1.82) is 0 Å². The molecule has 0 amide bonds. The minimum Gasteiger partial charge on any atom is -0.496 e. The van der Waals surface area contributed by atoms with Gasteiger partial charge in [0.1, 0.15) is 5.75 Å². The monoisotopic (exact) mass is 329 g/mol. The minimum atomic E-state index is -0.843. The quantitative estimate of drug-likeness (QED) is 0.438. The standard InChI is InChI=1S/C18H19NO5/c1-4-13-5-7-14(8-6-13)18(20)12(2)24-17-10-9-15(23-3)11-16(17)19(21)22/h5-12H,4H2,1-3H3/t12-/m0/s1. The summed E-state index contributed by atoms with van der Waals surface area (Å²) in [5.74, 6) is 0.151. The van der Waals surface area contributed by atoms with E-state index >= 15 is 0 Å². The highest BCUT2D eigenvalue weighted by Gasteiger charge is 2.22. The van der Waals surface area contributed by atoms with E-state index in [1.165, 1.54) is 19.2 Å². The molecule has 0 saturated heterocycles. The maximum Gasteiger partial charge on any atom is 0.314 e. The van der Waals surface area contributed by atoms with Crippen molar-refractivity contribution in [2.24, 2.45) is 0 Å². The predicted octanol–water partition coefficient (Wildman–Crippen LogP) is 3.82. The molecule has 2 aromatic rings. The number of ether oxygens (including phenoxy) is 2. The SMILES string of the molecule is CCc1ccc(C(=O)[C@H](C)Oc2ccc(OC)cc2[N+](=O)[O-])cc1. The van der Waals surface area contributed by atoms with Gasteiger partial charge in [0.15, 0.2) is 11.9 Å². The van der Waals surface area contributed by atoms with Gasteiger partial charge in [0.2, 0.25) is 5.78 Å². The van der Waals surface area contributed by atoms with E-state index in [0.29, 0.717) is 11.3 Å². The van der Waals surface area contributed by atoms with Gasteiger partial charge < -0.3 is 9.47 Å². The number of carbonyl (C=O) groups excluding carboxylic acids is 1. The number of rotatable bonds is 7. The second kappa shape index (κ2) is 7.59. The van der Waals surface area contributed by atoms with Crippen molar-refractivity contribution in [3.05, 3.63) is 63.7 Å². The van der Waals surface area contributed by atoms with E-state index in [-0.39, 0.29) is 17.2 Å². The molecule has 24 heavy (non-hydrogen) atoms. The molecule has 126 valence electrons. The van der Waals surface area contributed by atoms with Crippen LogP contribution in [-0.4, -0.2) is 23.9 Å². The number of nitro groups is 1. The fraction of sp³-hybridized carbons (Fsp3) is 0.278. The third kappa shape index (κ3) is 3.90. The zero-order valence-corrected chi connectivity index (χ0v) is 13.8. The van der Waals surface area contributed by atoms with Gasteiger partial charge in [-0.1, -0.05) is 31.2 Å². The van der Waals surface area contributed by atoms with Crippen LogP contribution >= 0.6 is 0 Å². The van der Waals surface area contributed by atoms with E-state index in [1.807, 2.05) is 19.1 Å². The van der Waals surface area contributed by atoms with E-state index in [0.717, 1.165) is 12.0 Å². The molecular formula is C18H19NO5. The molecule has 0 radical (unpaired) electrons. The highest BCUT2D eigenvalue weighted by atomic mass is 16.6. The van der Waals surface area contributed by atoms with Gasteiger partial charge in [-0.15, -0.1) is 0 Å². The number of ketones is 1. The van der Waals surface area contributed by atoms with Crippen LogP contribution in [0.5, 0.6) is 11.5 Å².